The molecular weight excluding hydrogens is 258 g/mol. The van der Waals surface area contributed by atoms with Crippen LogP contribution in [0.25, 0.3) is 0 Å². The number of nitrogens with one attached hydrogen (secondary N) is 1. The number of urea groups is 1. The van der Waals surface area contributed by atoms with Gasteiger partial charge in [-0.05, 0) is 18.4 Å². The monoisotopic (exact) mass is 274 g/mol. The summed E-state index contributed by atoms with van der Waals surface area (Å²) in [7, 11) is 0. The van der Waals surface area contributed by atoms with Crippen molar-refractivity contribution >= 4 is 17.7 Å². The Balaban J connectivity index is 2.39. The number of nitrogens with two attached hydrogens (primary N) is 1. The summed E-state index contributed by atoms with van der Waals surface area (Å²) < 4.78 is 0. The van der Waals surface area contributed by atoms with Crippen LogP contribution in [0.3, 0.4) is 0 Å². The smallest absolute Gasteiger partial charge is 0.332 e. The second-order valence-electron chi connectivity index (χ2n) is 4.93. The molecule has 0 radical (unpaired) electrons. The predicted octanol–water partition coefficient (Wildman–Crippen LogP) is 0.129. The van der Waals surface area contributed by atoms with Crippen molar-refractivity contribution < 1.29 is 14.7 Å². The molecule has 0 unspecified atom stereocenters. The molecule has 20 heavy (non-hydrogen) atoms. The lowest BCUT2D eigenvalue weighted by Gasteiger charge is -2.35. The fourth-order valence-electron chi connectivity index (χ4n) is 2.85. The van der Waals surface area contributed by atoms with Gasteiger partial charge in [-0.15, -0.1) is 0 Å². The number of primary amides is 1. The molecule has 2 amide bonds. The van der Waals surface area contributed by atoms with Crippen molar-refractivity contribution in [2.75, 3.05) is 0 Å². The highest BCUT2D eigenvalue weighted by Gasteiger charge is 2.46. The van der Waals surface area contributed by atoms with Crippen molar-refractivity contribution in [2.45, 2.75) is 25.2 Å². The summed E-state index contributed by atoms with van der Waals surface area (Å²) in [4.78, 5) is 22.4. The van der Waals surface area contributed by atoms with E-state index < -0.39 is 17.4 Å². The summed E-state index contributed by atoms with van der Waals surface area (Å²) in [5, 5.41) is 15.6. The first-order chi connectivity index (χ1) is 9.48. The zero-order valence-corrected chi connectivity index (χ0v) is 11.1. The number of hydrogen-bond acceptors (Lipinski definition) is 4. The topological polar surface area (TPSA) is 108 Å². The van der Waals surface area contributed by atoms with E-state index in [1.165, 1.54) is 0 Å². The Morgan fingerprint density at radius 3 is 2.60 bits per heavy atom. The van der Waals surface area contributed by atoms with E-state index in [0.717, 1.165) is 0 Å². The number of carbonyl (C=O) groups excluding carboxylic acids is 2. The van der Waals surface area contributed by atoms with E-state index in [1.807, 2.05) is 6.07 Å². The van der Waals surface area contributed by atoms with E-state index in [0.29, 0.717) is 24.1 Å². The second kappa shape index (κ2) is 5.32. The summed E-state index contributed by atoms with van der Waals surface area (Å²) >= 11 is 0. The number of carboxylic acid groups (broad SMARTS) is 1. The van der Waals surface area contributed by atoms with Gasteiger partial charge >= 0.3 is 6.03 Å². The highest BCUT2D eigenvalue weighted by atomic mass is 16.4. The Kier molecular flexibility index (Phi) is 3.74. The first-order valence-electron chi connectivity index (χ1n) is 6.37. The Labute approximate surface area is 116 Å². The van der Waals surface area contributed by atoms with Crippen molar-refractivity contribution in [1.29, 1.82) is 0 Å². The number of carbonyl (C=O) groups is 2. The summed E-state index contributed by atoms with van der Waals surface area (Å²) in [5.74, 6) is -1.50. The van der Waals surface area contributed by atoms with Crippen LogP contribution in [-0.4, -0.2) is 17.7 Å². The number of hydrazone groups is 1. The third-order valence-corrected chi connectivity index (χ3v) is 3.98. The van der Waals surface area contributed by atoms with Gasteiger partial charge in [0.15, 0.2) is 0 Å². The van der Waals surface area contributed by atoms with E-state index in [-0.39, 0.29) is 5.92 Å². The lowest BCUT2D eigenvalue weighted by atomic mass is 9.73. The molecular formula is C14H16N3O3-. The number of rotatable bonds is 3. The number of amides is 2. The van der Waals surface area contributed by atoms with Gasteiger partial charge in [0.2, 0.25) is 0 Å². The summed E-state index contributed by atoms with van der Waals surface area (Å²) in [6.07, 6.45) is 0.865. The maximum absolute atomic E-state index is 11.7. The molecule has 106 valence electrons. The highest BCUT2D eigenvalue weighted by Crippen LogP contribution is 2.43. The lowest BCUT2D eigenvalue weighted by molar-refractivity contribution is -0.314. The zero-order chi connectivity index (χ0) is 14.8. The van der Waals surface area contributed by atoms with Crippen LogP contribution in [0.5, 0.6) is 0 Å². The van der Waals surface area contributed by atoms with Gasteiger partial charge in [0.1, 0.15) is 0 Å². The van der Waals surface area contributed by atoms with E-state index in [9.17, 15) is 14.7 Å². The Bertz CT molecular complexity index is 556. The maximum Gasteiger partial charge on any atom is 0.332 e. The molecule has 3 N–H and O–H groups in total. The van der Waals surface area contributed by atoms with E-state index in [1.54, 1.807) is 31.2 Å². The molecule has 1 saturated carbocycles. The lowest BCUT2D eigenvalue weighted by Crippen LogP contribution is -2.48. The Morgan fingerprint density at radius 1 is 1.40 bits per heavy atom. The SMILES string of the molecule is C[C@H]1/C(=N/NC(N)=O)CC[C@]1(C(=O)[O-])c1ccccc1. The highest BCUT2D eigenvalue weighted by molar-refractivity contribution is 5.98. The van der Waals surface area contributed by atoms with Gasteiger partial charge < -0.3 is 15.6 Å². The fourth-order valence-corrected chi connectivity index (χ4v) is 2.85. The van der Waals surface area contributed by atoms with Gasteiger partial charge in [-0.2, -0.15) is 5.10 Å². The summed E-state index contributed by atoms with van der Waals surface area (Å²) in [6.45, 7) is 1.78. The normalized spacial score (nSPS) is 27.4. The third-order valence-electron chi connectivity index (χ3n) is 3.98. The Hall–Kier alpha value is -2.37. The number of carboxylic acids is 1. The summed E-state index contributed by atoms with van der Waals surface area (Å²) in [5.41, 5.74) is 7.32. The molecule has 0 aliphatic heterocycles. The number of nitrogens with zero attached hydrogens (tertiary/aromatic N) is 1. The van der Waals surface area contributed by atoms with Gasteiger partial charge in [0.25, 0.3) is 0 Å². The molecule has 0 bridgehead atoms. The summed E-state index contributed by atoms with van der Waals surface area (Å²) in [6, 6.07) is 8.20. The fraction of sp³-hybridized carbons (Fsp3) is 0.357. The minimum atomic E-state index is -1.12. The van der Waals surface area contributed by atoms with Crippen LogP contribution < -0.4 is 16.3 Å². The first kappa shape index (κ1) is 14.0. The average molecular weight is 274 g/mol. The van der Waals surface area contributed by atoms with Crippen LogP contribution in [-0.2, 0) is 10.2 Å². The van der Waals surface area contributed by atoms with Crippen LogP contribution in [0.1, 0.15) is 25.3 Å². The van der Waals surface area contributed by atoms with Crippen LogP contribution in [0.15, 0.2) is 35.4 Å². The average Bonchev–Trinajstić information content (AvgIpc) is 2.75. The van der Waals surface area contributed by atoms with E-state index in [4.69, 9.17) is 5.73 Å². The molecule has 0 spiro atoms. The number of benzene rings is 1. The van der Waals surface area contributed by atoms with Crippen LogP contribution >= 0.6 is 0 Å². The van der Waals surface area contributed by atoms with Gasteiger partial charge in [0.05, 0.1) is 5.97 Å². The van der Waals surface area contributed by atoms with Crippen LogP contribution in [0.4, 0.5) is 4.79 Å². The van der Waals surface area contributed by atoms with Gasteiger partial charge in [-0.3, -0.25) is 0 Å². The van der Waals surface area contributed by atoms with Crippen molar-refractivity contribution in [3.05, 3.63) is 35.9 Å². The van der Waals surface area contributed by atoms with E-state index in [2.05, 4.69) is 10.5 Å². The van der Waals surface area contributed by atoms with Crippen molar-refractivity contribution in [1.82, 2.24) is 5.43 Å². The molecule has 2 rings (SSSR count). The third kappa shape index (κ3) is 2.24. The molecule has 1 aliphatic carbocycles. The van der Waals surface area contributed by atoms with Gasteiger partial charge in [0, 0.05) is 17.0 Å². The molecule has 1 aromatic rings. The van der Waals surface area contributed by atoms with Crippen molar-refractivity contribution in [3.8, 4) is 0 Å². The number of aliphatic carboxylic acids is 1. The predicted molar refractivity (Wildman–Crippen MR) is 71.7 cm³/mol. The zero-order valence-electron chi connectivity index (χ0n) is 11.1. The molecule has 2 atom stereocenters. The molecule has 6 heteroatoms. The van der Waals surface area contributed by atoms with Gasteiger partial charge in [-0.25, -0.2) is 10.2 Å². The number of hydrogen-bond donors (Lipinski definition) is 2. The molecule has 1 aromatic carbocycles. The molecule has 1 fully saturated rings. The Morgan fingerprint density at radius 2 is 2.05 bits per heavy atom. The van der Waals surface area contributed by atoms with Crippen LogP contribution in [0.2, 0.25) is 0 Å². The molecule has 0 saturated heterocycles. The van der Waals surface area contributed by atoms with Gasteiger partial charge in [-0.1, -0.05) is 37.3 Å². The second-order valence-corrected chi connectivity index (χ2v) is 4.93. The minimum absolute atomic E-state index is 0.373. The molecule has 0 heterocycles. The van der Waals surface area contributed by atoms with E-state index >= 15 is 0 Å². The standard InChI is InChI=1S/C14H17N3O3/c1-9-11(16-17-13(15)20)7-8-14(9,12(18)19)10-5-3-2-4-6-10/h2-6,9H,7-8H2,1H3,(H,18,19)(H3,15,17,20)/p-1/b16-11+/t9-,14+/m0/s1. The van der Waals surface area contributed by atoms with Crippen molar-refractivity contribution in [2.24, 2.45) is 16.8 Å². The quantitative estimate of drug-likeness (QED) is 0.765. The molecule has 0 aromatic heterocycles. The first-order valence-corrected chi connectivity index (χ1v) is 6.37. The van der Waals surface area contributed by atoms with Crippen LogP contribution in [0, 0.1) is 5.92 Å². The molecule has 1 aliphatic rings. The maximum atomic E-state index is 11.7. The van der Waals surface area contributed by atoms with Crippen molar-refractivity contribution in [3.63, 3.8) is 0 Å². The molecule has 6 nitrogen and oxygen atoms in total. The largest absolute Gasteiger partial charge is 0.549 e. The minimum Gasteiger partial charge on any atom is -0.549 e.